The molecule has 1 rings (SSSR count). The van der Waals surface area contributed by atoms with Gasteiger partial charge in [-0.3, -0.25) is 4.48 Å². The molecule has 2 nitrogen and oxygen atoms in total. The molecule has 0 radical (unpaired) electrons. The molecule has 0 aliphatic carbocycles. The maximum absolute atomic E-state index is 10.0. The van der Waals surface area contributed by atoms with E-state index in [-0.39, 0.29) is 5.41 Å². The number of hydrogen-bond donors (Lipinski definition) is 1. The summed E-state index contributed by atoms with van der Waals surface area (Å²) in [5.41, 5.74) is 3.38. The van der Waals surface area contributed by atoms with E-state index in [4.69, 9.17) is 0 Å². The van der Waals surface area contributed by atoms with Crippen LogP contribution in [0.1, 0.15) is 31.9 Å². The summed E-state index contributed by atoms with van der Waals surface area (Å²) in [6.07, 6.45) is 0. The Morgan fingerprint density at radius 1 is 1.06 bits per heavy atom. The molecule has 0 saturated heterocycles. The maximum Gasteiger partial charge on any atom is 0.135 e. The molecular formula is C14H24NO+. The van der Waals surface area contributed by atoms with Gasteiger partial charge in [0.05, 0.1) is 21.1 Å². The quantitative estimate of drug-likeness (QED) is 0.723. The van der Waals surface area contributed by atoms with Crippen LogP contribution in [0.15, 0.2) is 12.1 Å². The molecule has 0 aromatic heterocycles. The third-order valence-electron chi connectivity index (χ3n) is 2.84. The van der Waals surface area contributed by atoms with Gasteiger partial charge in [-0.05, 0) is 18.4 Å². The third-order valence-corrected chi connectivity index (χ3v) is 2.84. The van der Waals surface area contributed by atoms with Crippen molar-refractivity contribution in [1.29, 1.82) is 0 Å². The van der Waals surface area contributed by atoms with Gasteiger partial charge in [0.2, 0.25) is 0 Å². The first-order valence-electron chi connectivity index (χ1n) is 5.69. The number of nitrogens with zero attached hydrogens (tertiary/aromatic N) is 1. The number of rotatable bonds is 1. The van der Waals surface area contributed by atoms with E-state index in [0.717, 1.165) is 15.6 Å². The molecule has 0 atom stereocenters. The zero-order valence-corrected chi connectivity index (χ0v) is 11.5. The first-order valence-corrected chi connectivity index (χ1v) is 5.69. The molecule has 90 valence electrons. The van der Waals surface area contributed by atoms with Gasteiger partial charge in [0.1, 0.15) is 11.4 Å². The van der Waals surface area contributed by atoms with Crippen molar-refractivity contribution in [3.63, 3.8) is 0 Å². The van der Waals surface area contributed by atoms with E-state index in [9.17, 15) is 5.11 Å². The van der Waals surface area contributed by atoms with Crippen molar-refractivity contribution < 1.29 is 5.11 Å². The first kappa shape index (κ1) is 13.0. The number of hydrogen-bond acceptors (Lipinski definition) is 1. The minimum Gasteiger partial charge on any atom is -0.508 e. The summed E-state index contributed by atoms with van der Waals surface area (Å²) in [5.74, 6) is 0.405. The van der Waals surface area contributed by atoms with Crippen molar-refractivity contribution in [2.24, 2.45) is 0 Å². The van der Waals surface area contributed by atoms with Crippen LogP contribution in [-0.4, -0.2) is 26.2 Å². The van der Waals surface area contributed by atoms with Crippen molar-refractivity contribution in [2.45, 2.75) is 33.1 Å². The highest BCUT2D eigenvalue weighted by Crippen LogP contribution is 2.36. The zero-order chi connectivity index (χ0) is 12.7. The second-order valence-corrected chi connectivity index (χ2v) is 6.42. The van der Waals surface area contributed by atoms with Crippen molar-refractivity contribution in [3.8, 4) is 5.75 Å². The van der Waals surface area contributed by atoms with Crippen LogP contribution >= 0.6 is 0 Å². The van der Waals surface area contributed by atoms with Gasteiger partial charge in [0.25, 0.3) is 0 Å². The number of aryl methyl sites for hydroxylation is 1. The smallest absolute Gasteiger partial charge is 0.135 e. The predicted octanol–water partition coefficient (Wildman–Crippen LogP) is 3.19. The summed E-state index contributed by atoms with van der Waals surface area (Å²) < 4.78 is 0.773. The Balaban J connectivity index is 3.45. The van der Waals surface area contributed by atoms with Crippen molar-refractivity contribution in [3.05, 3.63) is 23.3 Å². The lowest BCUT2D eigenvalue weighted by molar-refractivity contribution is 0.440. The van der Waals surface area contributed by atoms with E-state index < -0.39 is 0 Å². The third kappa shape index (κ3) is 2.56. The average Bonchev–Trinajstić information content (AvgIpc) is 1.97. The van der Waals surface area contributed by atoms with Gasteiger partial charge in [-0.1, -0.05) is 20.8 Å². The van der Waals surface area contributed by atoms with E-state index in [1.165, 1.54) is 5.69 Å². The summed E-state index contributed by atoms with van der Waals surface area (Å²) in [5, 5.41) is 10.0. The monoisotopic (exact) mass is 222 g/mol. The number of phenols is 1. The summed E-state index contributed by atoms with van der Waals surface area (Å²) in [4.78, 5) is 0. The SMILES string of the molecule is Cc1cc(O)c(C(C)(C)C)cc1[N+](C)(C)C. The molecule has 0 heterocycles. The fourth-order valence-electron chi connectivity index (χ4n) is 2.00. The molecule has 16 heavy (non-hydrogen) atoms. The molecule has 2 heteroatoms. The molecule has 0 aliphatic rings. The number of phenolic OH excluding ortho intramolecular Hbond substituents is 1. The van der Waals surface area contributed by atoms with Gasteiger partial charge in [-0.2, -0.15) is 0 Å². The summed E-state index contributed by atoms with van der Waals surface area (Å²) in [7, 11) is 6.43. The lowest BCUT2D eigenvalue weighted by atomic mass is 9.85. The molecule has 0 fully saturated rings. The van der Waals surface area contributed by atoms with Crippen LogP contribution < -0.4 is 4.48 Å². The highest BCUT2D eigenvalue weighted by molar-refractivity contribution is 5.57. The van der Waals surface area contributed by atoms with E-state index in [1.54, 1.807) is 0 Å². The Labute approximate surface area is 99.1 Å². The molecule has 1 aromatic rings. The Bertz CT molecular complexity index is 359. The maximum atomic E-state index is 10.0. The normalized spacial score (nSPS) is 12.9. The highest BCUT2D eigenvalue weighted by Gasteiger charge is 2.24. The zero-order valence-electron chi connectivity index (χ0n) is 11.5. The second kappa shape index (κ2) is 3.77. The fraction of sp³-hybridized carbons (Fsp3) is 0.571. The van der Waals surface area contributed by atoms with Gasteiger partial charge in [-0.25, -0.2) is 0 Å². The van der Waals surface area contributed by atoms with E-state index >= 15 is 0 Å². The molecule has 1 N–H and O–H groups in total. The fourth-order valence-corrected chi connectivity index (χ4v) is 2.00. The first-order chi connectivity index (χ1) is 7.03. The summed E-state index contributed by atoms with van der Waals surface area (Å²) in [6.45, 7) is 8.41. The average molecular weight is 222 g/mol. The molecule has 0 aliphatic heterocycles. The highest BCUT2D eigenvalue weighted by atomic mass is 16.3. The topological polar surface area (TPSA) is 20.2 Å². The van der Waals surface area contributed by atoms with Crippen LogP contribution in [0.3, 0.4) is 0 Å². The van der Waals surface area contributed by atoms with Crippen molar-refractivity contribution >= 4 is 5.69 Å². The van der Waals surface area contributed by atoms with Gasteiger partial charge < -0.3 is 5.11 Å². The van der Waals surface area contributed by atoms with Gasteiger partial charge in [-0.15, -0.1) is 0 Å². The lowest BCUT2D eigenvalue weighted by Crippen LogP contribution is -2.35. The molecule has 0 bridgehead atoms. The Hall–Kier alpha value is -1.02. The molecule has 0 amide bonds. The Kier molecular flexibility index (Phi) is 3.08. The van der Waals surface area contributed by atoms with E-state index in [2.05, 4.69) is 48.0 Å². The Morgan fingerprint density at radius 2 is 1.56 bits per heavy atom. The van der Waals surface area contributed by atoms with Crippen LogP contribution in [0.25, 0.3) is 0 Å². The molecule has 1 aromatic carbocycles. The van der Waals surface area contributed by atoms with Gasteiger partial charge in [0.15, 0.2) is 0 Å². The van der Waals surface area contributed by atoms with Crippen LogP contribution in [0, 0.1) is 6.92 Å². The predicted molar refractivity (Wildman–Crippen MR) is 71.1 cm³/mol. The van der Waals surface area contributed by atoms with Gasteiger partial charge >= 0.3 is 0 Å². The minimum atomic E-state index is -0.0261. The largest absolute Gasteiger partial charge is 0.508 e. The standard InChI is InChI=1S/C14H23NO/c1-10-8-13(16)11(14(2,3)4)9-12(10)15(5,6)7/h8-9H,1-7H3/p+1. The van der Waals surface area contributed by atoms with Crippen LogP contribution in [0.4, 0.5) is 5.69 Å². The van der Waals surface area contributed by atoms with Gasteiger partial charge in [0, 0.05) is 17.2 Å². The van der Waals surface area contributed by atoms with Crippen LogP contribution in [-0.2, 0) is 5.41 Å². The second-order valence-electron chi connectivity index (χ2n) is 6.42. The van der Waals surface area contributed by atoms with Crippen LogP contribution in [0.2, 0.25) is 0 Å². The molecule has 0 unspecified atom stereocenters. The number of quaternary nitrogens is 1. The van der Waals surface area contributed by atoms with Crippen LogP contribution in [0.5, 0.6) is 5.75 Å². The van der Waals surface area contributed by atoms with Crippen molar-refractivity contribution in [1.82, 2.24) is 4.48 Å². The summed E-state index contributed by atoms with van der Waals surface area (Å²) >= 11 is 0. The Morgan fingerprint density at radius 3 is 1.94 bits per heavy atom. The number of benzene rings is 1. The van der Waals surface area contributed by atoms with E-state index in [1.807, 2.05) is 13.0 Å². The van der Waals surface area contributed by atoms with Crippen molar-refractivity contribution in [2.75, 3.05) is 21.1 Å². The molecule has 0 spiro atoms. The summed E-state index contributed by atoms with van der Waals surface area (Å²) in [6, 6.07) is 4.00. The molecule has 0 saturated carbocycles. The lowest BCUT2D eigenvalue weighted by Gasteiger charge is -2.28. The molecular weight excluding hydrogens is 198 g/mol. The number of aromatic hydroxyl groups is 1. The van der Waals surface area contributed by atoms with E-state index in [0.29, 0.717) is 5.75 Å². The minimum absolute atomic E-state index is 0.0261.